The number of carboxylic acid groups (broad SMARTS) is 1. The van der Waals surface area contributed by atoms with Gasteiger partial charge in [-0.15, -0.1) is 0 Å². The van der Waals surface area contributed by atoms with Gasteiger partial charge < -0.3 is 9.84 Å². The highest BCUT2D eigenvalue weighted by Gasteiger charge is 2.20. The predicted octanol–water partition coefficient (Wildman–Crippen LogP) is 3.54. The SMILES string of the molecule is CCOC(=O)c1cccc(C(=O)O)c1-c1cccc(C)c1. The van der Waals surface area contributed by atoms with Gasteiger partial charge in [-0.3, -0.25) is 0 Å². The molecule has 4 nitrogen and oxygen atoms in total. The van der Waals surface area contributed by atoms with E-state index in [-0.39, 0.29) is 17.7 Å². The molecule has 0 aromatic heterocycles. The third-order valence-electron chi connectivity index (χ3n) is 3.10. The number of ether oxygens (including phenoxy) is 1. The fourth-order valence-electron chi connectivity index (χ4n) is 2.22. The molecule has 0 saturated heterocycles. The van der Waals surface area contributed by atoms with Crippen molar-refractivity contribution in [3.05, 3.63) is 59.2 Å². The summed E-state index contributed by atoms with van der Waals surface area (Å²) in [6, 6.07) is 12.0. The molecule has 0 spiro atoms. The fraction of sp³-hybridized carbons (Fsp3) is 0.176. The van der Waals surface area contributed by atoms with E-state index in [1.165, 1.54) is 6.07 Å². The molecule has 108 valence electrons. The third kappa shape index (κ3) is 3.11. The summed E-state index contributed by atoms with van der Waals surface area (Å²) >= 11 is 0. The third-order valence-corrected chi connectivity index (χ3v) is 3.10. The van der Waals surface area contributed by atoms with Gasteiger partial charge in [-0.1, -0.05) is 35.9 Å². The number of carbonyl (C=O) groups is 2. The lowest BCUT2D eigenvalue weighted by molar-refractivity contribution is 0.0527. The van der Waals surface area contributed by atoms with Gasteiger partial charge in [0.05, 0.1) is 17.7 Å². The molecule has 2 rings (SSSR count). The average molecular weight is 284 g/mol. The number of carbonyl (C=O) groups excluding carboxylic acids is 1. The van der Waals surface area contributed by atoms with Gasteiger partial charge in [0.2, 0.25) is 0 Å². The Morgan fingerprint density at radius 3 is 2.38 bits per heavy atom. The van der Waals surface area contributed by atoms with Crippen LogP contribution in [0.2, 0.25) is 0 Å². The van der Waals surface area contributed by atoms with Crippen molar-refractivity contribution >= 4 is 11.9 Å². The molecule has 0 heterocycles. The van der Waals surface area contributed by atoms with Crippen LogP contribution in [0.4, 0.5) is 0 Å². The molecule has 0 radical (unpaired) electrons. The Hall–Kier alpha value is -2.62. The first-order valence-electron chi connectivity index (χ1n) is 6.65. The number of aryl methyl sites for hydroxylation is 1. The van der Waals surface area contributed by atoms with Crippen molar-refractivity contribution in [3.63, 3.8) is 0 Å². The molecule has 0 aliphatic heterocycles. The smallest absolute Gasteiger partial charge is 0.338 e. The summed E-state index contributed by atoms with van der Waals surface area (Å²) in [5.41, 5.74) is 2.43. The van der Waals surface area contributed by atoms with E-state index in [0.717, 1.165) is 5.56 Å². The maximum absolute atomic E-state index is 12.1. The van der Waals surface area contributed by atoms with E-state index in [1.807, 2.05) is 25.1 Å². The minimum Gasteiger partial charge on any atom is -0.478 e. The van der Waals surface area contributed by atoms with Gasteiger partial charge in [0.25, 0.3) is 0 Å². The summed E-state index contributed by atoms with van der Waals surface area (Å²) in [6.45, 7) is 3.87. The zero-order valence-electron chi connectivity index (χ0n) is 11.9. The van der Waals surface area contributed by atoms with Crippen LogP contribution in [0.5, 0.6) is 0 Å². The minimum atomic E-state index is -1.07. The second-order valence-corrected chi connectivity index (χ2v) is 4.62. The molecular formula is C17H16O4. The molecule has 4 heteroatoms. The van der Waals surface area contributed by atoms with Crippen molar-refractivity contribution in [2.24, 2.45) is 0 Å². The van der Waals surface area contributed by atoms with Crippen LogP contribution in [-0.4, -0.2) is 23.7 Å². The normalized spacial score (nSPS) is 10.2. The van der Waals surface area contributed by atoms with Gasteiger partial charge in [0.15, 0.2) is 0 Å². The van der Waals surface area contributed by atoms with Crippen LogP contribution in [0, 0.1) is 6.92 Å². The summed E-state index contributed by atoms with van der Waals surface area (Å²) in [4.78, 5) is 23.5. The van der Waals surface area contributed by atoms with Crippen LogP contribution in [0.3, 0.4) is 0 Å². The van der Waals surface area contributed by atoms with E-state index in [4.69, 9.17) is 4.74 Å². The van der Waals surface area contributed by atoms with Crippen LogP contribution < -0.4 is 0 Å². The van der Waals surface area contributed by atoms with E-state index in [2.05, 4.69) is 0 Å². The van der Waals surface area contributed by atoms with Crippen LogP contribution in [0.15, 0.2) is 42.5 Å². The maximum Gasteiger partial charge on any atom is 0.338 e. The van der Waals surface area contributed by atoms with Crippen LogP contribution >= 0.6 is 0 Å². The molecule has 0 unspecified atom stereocenters. The van der Waals surface area contributed by atoms with E-state index >= 15 is 0 Å². The second-order valence-electron chi connectivity index (χ2n) is 4.62. The number of esters is 1. The molecule has 2 aromatic carbocycles. The average Bonchev–Trinajstić information content (AvgIpc) is 2.46. The zero-order chi connectivity index (χ0) is 15.4. The van der Waals surface area contributed by atoms with Crippen molar-refractivity contribution in [3.8, 4) is 11.1 Å². The molecule has 21 heavy (non-hydrogen) atoms. The Balaban J connectivity index is 2.70. The highest BCUT2D eigenvalue weighted by atomic mass is 16.5. The summed E-state index contributed by atoms with van der Waals surface area (Å²) in [5, 5.41) is 9.38. The molecule has 1 N–H and O–H groups in total. The highest BCUT2D eigenvalue weighted by molar-refractivity contribution is 6.05. The van der Waals surface area contributed by atoms with Crippen LogP contribution in [-0.2, 0) is 4.74 Å². The summed E-state index contributed by atoms with van der Waals surface area (Å²) < 4.78 is 5.02. The molecule has 0 bridgehead atoms. The van der Waals surface area contributed by atoms with E-state index in [9.17, 15) is 14.7 Å². The number of aromatic carboxylic acids is 1. The molecular weight excluding hydrogens is 268 g/mol. The van der Waals surface area contributed by atoms with Gasteiger partial charge in [0, 0.05) is 5.56 Å². The van der Waals surface area contributed by atoms with Gasteiger partial charge in [-0.25, -0.2) is 9.59 Å². The predicted molar refractivity (Wildman–Crippen MR) is 79.5 cm³/mol. The summed E-state index contributed by atoms with van der Waals surface area (Å²) in [5.74, 6) is -1.59. The molecule has 0 amide bonds. The molecule has 0 aliphatic carbocycles. The molecule has 0 aliphatic rings. The number of hydrogen-bond acceptors (Lipinski definition) is 3. The molecule has 0 atom stereocenters. The van der Waals surface area contributed by atoms with Gasteiger partial charge >= 0.3 is 11.9 Å². The van der Waals surface area contributed by atoms with Crippen molar-refractivity contribution in [2.75, 3.05) is 6.61 Å². The van der Waals surface area contributed by atoms with Crippen molar-refractivity contribution in [1.82, 2.24) is 0 Å². The van der Waals surface area contributed by atoms with E-state index < -0.39 is 11.9 Å². The quantitative estimate of drug-likeness (QED) is 0.872. The van der Waals surface area contributed by atoms with Gasteiger partial charge in [-0.05, 0) is 31.5 Å². The standard InChI is InChI=1S/C17H16O4/c1-3-21-17(20)14-9-5-8-13(16(18)19)15(14)12-7-4-6-11(2)10-12/h4-10H,3H2,1-2H3,(H,18,19). The largest absolute Gasteiger partial charge is 0.478 e. The summed E-state index contributed by atoms with van der Waals surface area (Å²) in [7, 11) is 0. The minimum absolute atomic E-state index is 0.0890. The first kappa shape index (κ1) is 14.8. The Bertz CT molecular complexity index is 689. The monoisotopic (exact) mass is 284 g/mol. The number of benzene rings is 2. The maximum atomic E-state index is 12.1. The Kier molecular flexibility index (Phi) is 4.38. The number of rotatable bonds is 4. The number of hydrogen-bond donors (Lipinski definition) is 1. The fourth-order valence-corrected chi connectivity index (χ4v) is 2.22. The Morgan fingerprint density at radius 2 is 1.76 bits per heavy atom. The first-order chi connectivity index (χ1) is 10.0. The van der Waals surface area contributed by atoms with Crippen molar-refractivity contribution in [2.45, 2.75) is 13.8 Å². The lowest BCUT2D eigenvalue weighted by atomic mass is 9.93. The molecule has 0 fully saturated rings. The topological polar surface area (TPSA) is 63.6 Å². The van der Waals surface area contributed by atoms with Crippen molar-refractivity contribution in [1.29, 1.82) is 0 Å². The van der Waals surface area contributed by atoms with E-state index in [1.54, 1.807) is 25.1 Å². The van der Waals surface area contributed by atoms with Gasteiger partial charge in [0.1, 0.15) is 0 Å². The Labute approximate surface area is 123 Å². The highest BCUT2D eigenvalue weighted by Crippen LogP contribution is 2.29. The lowest BCUT2D eigenvalue weighted by Gasteiger charge is -2.12. The lowest BCUT2D eigenvalue weighted by Crippen LogP contribution is -2.10. The zero-order valence-corrected chi connectivity index (χ0v) is 11.9. The van der Waals surface area contributed by atoms with Crippen molar-refractivity contribution < 1.29 is 19.4 Å². The first-order valence-corrected chi connectivity index (χ1v) is 6.65. The Morgan fingerprint density at radius 1 is 1.10 bits per heavy atom. The van der Waals surface area contributed by atoms with Crippen LogP contribution in [0.1, 0.15) is 33.2 Å². The second kappa shape index (κ2) is 6.22. The molecule has 2 aromatic rings. The summed E-state index contributed by atoms with van der Waals surface area (Å²) in [6.07, 6.45) is 0. The number of carboxylic acids is 1. The van der Waals surface area contributed by atoms with E-state index in [0.29, 0.717) is 11.1 Å². The van der Waals surface area contributed by atoms with Gasteiger partial charge in [-0.2, -0.15) is 0 Å². The molecule has 0 saturated carbocycles. The van der Waals surface area contributed by atoms with Crippen LogP contribution in [0.25, 0.3) is 11.1 Å².